The van der Waals surface area contributed by atoms with E-state index in [0.29, 0.717) is 0 Å². The van der Waals surface area contributed by atoms with Crippen LogP contribution in [0.5, 0.6) is 11.5 Å². The Labute approximate surface area is 370 Å². The van der Waals surface area contributed by atoms with Crippen LogP contribution in [0.4, 0.5) is 17.1 Å². The molecule has 0 fully saturated rings. The van der Waals surface area contributed by atoms with Crippen molar-refractivity contribution in [2.24, 2.45) is 0 Å². The molecule has 0 N–H and O–H groups in total. The summed E-state index contributed by atoms with van der Waals surface area (Å²) < 4.78 is 9.57. The molecule has 0 saturated heterocycles. The third-order valence-corrected chi connectivity index (χ3v) is 14.0. The Hall–Kier alpha value is -8.40. The van der Waals surface area contributed by atoms with Gasteiger partial charge in [-0.2, -0.15) is 0 Å². The van der Waals surface area contributed by atoms with Crippen LogP contribution in [0.2, 0.25) is 0 Å². The lowest BCUT2D eigenvalue weighted by Crippen LogP contribution is -2.36. The topological polar surface area (TPSA) is 17.4 Å². The maximum absolute atomic E-state index is 7.14. The number of nitrogens with zero attached hydrogens (tertiary/aromatic N) is 2. The smallest absolute Gasteiger partial charge is 0.134 e. The second kappa shape index (κ2) is 13.3. The summed E-state index contributed by atoms with van der Waals surface area (Å²) in [5.74, 6) is 1.72. The number of fused-ring (bicyclic) bond motifs is 13. The minimum atomic E-state index is -0.611. The van der Waals surface area contributed by atoms with Crippen molar-refractivity contribution in [2.75, 3.05) is 4.90 Å². The molecule has 14 rings (SSSR count). The van der Waals surface area contributed by atoms with Gasteiger partial charge in [0.25, 0.3) is 0 Å². The molecular formula is C61H38N2O. The number of para-hydroxylation sites is 2. The molecule has 0 amide bonds. The lowest BCUT2D eigenvalue weighted by Gasteiger charge is -2.45. The van der Waals surface area contributed by atoms with Crippen LogP contribution in [0, 0.1) is 0 Å². The minimum Gasteiger partial charge on any atom is -0.457 e. The maximum Gasteiger partial charge on any atom is 0.134 e. The molecule has 298 valence electrons. The van der Waals surface area contributed by atoms with Gasteiger partial charge in [-0.05, 0) is 92.3 Å². The Balaban J connectivity index is 1.04. The SMILES string of the molecule is c1ccc2c(c1)Oc1cc(N(c3ccc4c(c3)c3ccccc3n4-c3cccc4ccccc34)c3cccc4ccccc34)ccc1C21c2ccccc2-c2cccc3cccc1c23. The molecule has 64 heavy (non-hydrogen) atoms. The standard InChI is InChI=1S/C61H38N2O/c1-3-21-44-39(15-1)17-13-30-54(44)62(42-34-36-57-49(37-42)47-24-6-9-29-56(47)63(57)55-31-14-18-40-16-2-4-22-45(40)55)43-33-35-52-59(38-43)64-58-32-10-8-27-51(58)61(52)50-26-7-5-23-46(50)48-25-11-19-41-20-12-28-53(61)60(41)48/h1-38H. The summed E-state index contributed by atoms with van der Waals surface area (Å²) >= 11 is 0. The molecule has 0 radical (unpaired) electrons. The first kappa shape index (κ1) is 35.2. The first-order valence-electron chi connectivity index (χ1n) is 22.1. The third kappa shape index (κ3) is 4.76. The molecule has 2 aliphatic rings. The zero-order valence-corrected chi connectivity index (χ0v) is 34.7. The van der Waals surface area contributed by atoms with E-state index in [0.717, 1.165) is 45.2 Å². The van der Waals surface area contributed by atoms with Crippen LogP contribution in [0.1, 0.15) is 22.3 Å². The molecule has 11 aromatic carbocycles. The Morgan fingerprint density at radius 1 is 0.359 bits per heavy atom. The van der Waals surface area contributed by atoms with Crippen molar-refractivity contribution >= 4 is 71.2 Å². The van der Waals surface area contributed by atoms with E-state index in [1.165, 1.54) is 76.5 Å². The van der Waals surface area contributed by atoms with E-state index in [1.54, 1.807) is 0 Å². The Morgan fingerprint density at radius 3 is 1.83 bits per heavy atom. The van der Waals surface area contributed by atoms with Crippen molar-refractivity contribution in [3.63, 3.8) is 0 Å². The average molecular weight is 815 g/mol. The number of ether oxygens (including phenoxy) is 1. The highest BCUT2D eigenvalue weighted by Crippen LogP contribution is 2.61. The Kier molecular flexibility index (Phi) is 7.32. The highest BCUT2D eigenvalue weighted by molar-refractivity contribution is 6.13. The molecule has 2 heterocycles. The molecular weight excluding hydrogens is 777 g/mol. The maximum atomic E-state index is 7.14. The van der Waals surface area contributed by atoms with Gasteiger partial charge < -0.3 is 14.2 Å². The van der Waals surface area contributed by atoms with Crippen LogP contribution < -0.4 is 9.64 Å². The number of hydrogen-bond acceptors (Lipinski definition) is 2. The summed E-state index contributed by atoms with van der Waals surface area (Å²) in [7, 11) is 0. The summed E-state index contributed by atoms with van der Waals surface area (Å²) in [6.45, 7) is 0. The predicted octanol–water partition coefficient (Wildman–Crippen LogP) is 16.2. The number of aromatic nitrogens is 1. The van der Waals surface area contributed by atoms with Crippen LogP contribution in [0.3, 0.4) is 0 Å². The van der Waals surface area contributed by atoms with Gasteiger partial charge in [0.2, 0.25) is 0 Å². The van der Waals surface area contributed by atoms with Crippen molar-refractivity contribution in [2.45, 2.75) is 5.41 Å². The summed E-state index contributed by atoms with van der Waals surface area (Å²) in [6, 6.07) is 84.5. The minimum absolute atomic E-state index is 0.611. The zero-order valence-electron chi connectivity index (χ0n) is 34.7. The Bertz CT molecular complexity index is 3900. The van der Waals surface area contributed by atoms with E-state index in [2.05, 4.69) is 240 Å². The summed E-state index contributed by atoms with van der Waals surface area (Å²) in [5.41, 5.74) is 13.5. The van der Waals surface area contributed by atoms with E-state index in [-0.39, 0.29) is 0 Å². The highest BCUT2D eigenvalue weighted by atomic mass is 16.5. The molecule has 3 nitrogen and oxygen atoms in total. The van der Waals surface area contributed by atoms with Gasteiger partial charge in [0.05, 0.1) is 27.8 Å². The first-order chi connectivity index (χ1) is 31.8. The Morgan fingerprint density at radius 2 is 0.938 bits per heavy atom. The fourth-order valence-electron chi connectivity index (χ4n) is 11.4. The number of benzene rings is 11. The predicted molar refractivity (Wildman–Crippen MR) is 265 cm³/mol. The first-order valence-corrected chi connectivity index (χ1v) is 22.1. The van der Waals surface area contributed by atoms with Gasteiger partial charge in [-0.1, -0.05) is 176 Å². The fourth-order valence-corrected chi connectivity index (χ4v) is 11.4. The van der Waals surface area contributed by atoms with Crippen molar-refractivity contribution in [1.82, 2.24) is 4.57 Å². The van der Waals surface area contributed by atoms with E-state index in [9.17, 15) is 0 Å². The van der Waals surface area contributed by atoms with Crippen molar-refractivity contribution in [1.29, 1.82) is 0 Å². The number of hydrogen-bond donors (Lipinski definition) is 0. The molecule has 1 aliphatic carbocycles. The molecule has 1 unspecified atom stereocenters. The van der Waals surface area contributed by atoms with E-state index >= 15 is 0 Å². The van der Waals surface area contributed by atoms with Crippen LogP contribution >= 0.6 is 0 Å². The zero-order chi connectivity index (χ0) is 41.9. The summed E-state index contributed by atoms with van der Waals surface area (Å²) in [5, 5.41) is 9.75. The molecule has 3 heteroatoms. The largest absolute Gasteiger partial charge is 0.457 e. The number of anilines is 3. The molecule has 12 aromatic rings. The molecule has 1 spiro atoms. The normalized spacial score (nSPS) is 14.8. The van der Waals surface area contributed by atoms with E-state index in [1.807, 2.05) is 0 Å². The lowest BCUT2D eigenvalue weighted by atomic mass is 9.58. The van der Waals surface area contributed by atoms with Gasteiger partial charge in [-0.3, -0.25) is 0 Å². The third-order valence-electron chi connectivity index (χ3n) is 14.0. The van der Waals surface area contributed by atoms with Crippen LogP contribution in [0.15, 0.2) is 231 Å². The second-order valence-corrected chi connectivity index (χ2v) is 17.2. The van der Waals surface area contributed by atoms with Gasteiger partial charge in [0, 0.05) is 50.1 Å². The fraction of sp³-hybridized carbons (Fsp3) is 0.0164. The molecule has 0 saturated carbocycles. The van der Waals surface area contributed by atoms with Crippen molar-refractivity contribution in [3.05, 3.63) is 253 Å². The van der Waals surface area contributed by atoms with Gasteiger partial charge in [0.15, 0.2) is 0 Å². The lowest BCUT2D eigenvalue weighted by molar-refractivity contribution is 0.435. The summed E-state index contributed by atoms with van der Waals surface area (Å²) in [6.07, 6.45) is 0. The highest BCUT2D eigenvalue weighted by Gasteiger charge is 2.49. The van der Waals surface area contributed by atoms with Gasteiger partial charge >= 0.3 is 0 Å². The van der Waals surface area contributed by atoms with Gasteiger partial charge in [0.1, 0.15) is 11.5 Å². The van der Waals surface area contributed by atoms with Gasteiger partial charge in [-0.15, -0.1) is 0 Å². The van der Waals surface area contributed by atoms with E-state index < -0.39 is 5.41 Å². The average Bonchev–Trinajstić information content (AvgIpc) is 3.68. The van der Waals surface area contributed by atoms with Crippen LogP contribution in [0.25, 0.3) is 70.9 Å². The van der Waals surface area contributed by atoms with E-state index in [4.69, 9.17) is 4.74 Å². The van der Waals surface area contributed by atoms with Crippen LogP contribution in [-0.4, -0.2) is 4.57 Å². The van der Waals surface area contributed by atoms with Crippen molar-refractivity contribution < 1.29 is 4.74 Å². The van der Waals surface area contributed by atoms with Gasteiger partial charge in [-0.25, -0.2) is 0 Å². The van der Waals surface area contributed by atoms with Crippen LogP contribution in [-0.2, 0) is 5.41 Å². The number of rotatable bonds is 4. The summed E-state index contributed by atoms with van der Waals surface area (Å²) in [4.78, 5) is 2.42. The second-order valence-electron chi connectivity index (χ2n) is 17.2. The molecule has 0 bridgehead atoms. The van der Waals surface area contributed by atoms with Crippen molar-refractivity contribution in [3.8, 4) is 28.3 Å². The quantitative estimate of drug-likeness (QED) is 0.176. The molecule has 1 atom stereocenters. The molecule has 1 aliphatic heterocycles. The monoisotopic (exact) mass is 814 g/mol. The molecule has 1 aromatic heterocycles.